The fourth-order valence-electron chi connectivity index (χ4n) is 6.69. The Morgan fingerprint density at radius 2 is 1.27 bits per heavy atom. The average Bonchev–Trinajstić information content (AvgIpc) is 3.67. The molecule has 0 aliphatic heterocycles. The Morgan fingerprint density at radius 1 is 0.568 bits per heavy atom. The molecule has 7 aromatic carbocycles. The molecule has 204 valence electrons. The Labute approximate surface area is 263 Å². The summed E-state index contributed by atoms with van der Waals surface area (Å²) in [7, 11) is 0. The molecular weight excluding hydrogens is 555 g/mol. The molecule has 0 bridgehead atoms. The van der Waals surface area contributed by atoms with Crippen molar-refractivity contribution >= 4 is 85.9 Å². The number of rotatable bonds is 2. The smallest absolute Gasteiger partial charge is 0.165 e. The van der Waals surface area contributed by atoms with E-state index in [1.807, 2.05) is 36.4 Å². The largest absolute Gasteiger partial charge is 0.292 e. The van der Waals surface area contributed by atoms with Gasteiger partial charge in [-0.1, -0.05) is 109 Å². The Kier molecular flexibility index (Phi) is 3.99. The van der Waals surface area contributed by atoms with E-state index in [0.29, 0.717) is 16.9 Å². The molecule has 10 aromatic rings. The van der Waals surface area contributed by atoms with Gasteiger partial charge in [-0.15, -0.1) is 11.3 Å². The van der Waals surface area contributed by atoms with Crippen LogP contribution < -0.4 is 0 Å². The Morgan fingerprint density at radius 3 is 2.11 bits per heavy atom. The minimum Gasteiger partial charge on any atom is -0.292 e. The van der Waals surface area contributed by atoms with Gasteiger partial charge in [-0.2, -0.15) is 0 Å². The topological polar surface area (TPSA) is 30.7 Å². The third-order valence-corrected chi connectivity index (χ3v) is 9.84. The van der Waals surface area contributed by atoms with Crippen molar-refractivity contribution in [2.24, 2.45) is 0 Å². The highest BCUT2D eigenvalue weighted by molar-refractivity contribution is 7.26. The molecule has 10 rings (SSSR count). The number of nitrogens with zero attached hydrogens (tertiary/aromatic N) is 3. The van der Waals surface area contributed by atoms with Crippen molar-refractivity contribution in [1.82, 2.24) is 14.5 Å². The van der Waals surface area contributed by atoms with Gasteiger partial charge in [-0.25, -0.2) is 9.97 Å². The van der Waals surface area contributed by atoms with Gasteiger partial charge >= 0.3 is 0 Å². The van der Waals surface area contributed by atoms with Crippen molar-refractivity contribution in [2.75, 3.05) is 0 Å². The van der Waals surface area contributed by atoms with Crippen molar-refractivity contribution in [3.63, 3.8) is 0 Å². The Balaban J connectivity index is 1.42. The van der Waals surface area contributed by atoms with E-state index >= 15 is 0 Å². The number of fused-ring (bicyclic) bond motifs is 11. The first-order valence-corrected chi connectivity index (χ1v) is 15.2. The third-order valence-electron chi connectivity index (χ3n) is 8.64. The molecule has 4 heteroatoms. The molecule has 0 radical (unpaired) electrons. The van der Waals surface area contributed by atoms with Crippen LogP contribution >= 0.6 is 11.3 Å². The van der Waals surface area contributed by atoms with Gasteiger partial charge in [0, 0.05) is 36.5 Å². The molecular formula is C40H23N3S. The van der Waals surface area contributed by atoms with E-state index in [1.165, 1.54) is 20.2 Å². The normalized spacial score (nSPS) is 13.7. The minimum atomic E-state index is -0.448. The van der Waals surface area contributed by atoms with E-state index in [-0.39, 0.29) is 23.3 Å². The summed E-state index contributed by atoms with van der Waals surface area (Å²) in [5.41, 5.74) is 3.23. The zero-order chi connectivity index (χ0) is 33.1. The zero-order valence-corrected chi connectivity index (χ0v) is 24.0. The van der Waals surface area contributed by atoms with Gasteiger partial charge < -0.3 is 0 Å². The lowest BCUT2D eigenvalue weighted by Crippen LogP contribution is -2.03. The summed E-state index contributed by atoms with van der Waals surface area (Å²) in [5, 5.41) is 8.98. The SMILES string of the molecule is [2H]c1c([2H])c([2H])c(-c2nc3ccccc3nc2-n2c3cc4c(cc3c3c5ccccc5ccc32)sc2c3ccccc3ccc42)c([2H])c1[2H]. The maximum absolute atomic E-state index is 8.93. The van der Waals surface area contributed by atoms with Crippen LogP contribution in [-0.4, -0.2) is 14.5 Å². The predicted molar refractivity (Wildman–Crippen MR) is 187 cm³/mol. The lowest BCUT2D eigenvalue weighted by molar-refractivity contribution is 1.08. The molecule has 0 fully saturated rings. The first-order chi connectivity index (χ1) is 23.9. The number of hydrogen-bond donors (Lipinski definition) is 0. The van der Waals surface area contributed by atoms with E-state index in [2.05, 4.69) is 77.4 Å². The third kappa shape index (κ3) is 3.31. The molecule has 0 aliphatic rings. The minimum absolute atomic E-state index is 0.0172. The zero-order valence-electron chi connectivity index (χ0n) is 28.1. The monoisotopic (exact) mass is 582 g/mol. The van der Waals surface area contributed by atoms with Crippen LogP contribution in [-0.2, 0) is 0 Å². The summed E-state index contributed by atoms with van der Waals surface area (Å²) < 4.78 is 47.6. The molecule has 0 N–H and O–H groups in total. The first-order valence-electron chi connectivity index (χ1n) is 16.9. The number of aromatic nitrogens is 3. The lowest BCUT2D eigenvalue weighted by atomic mass is 10.0. The summed E-state index contributed by atoms with van der Waals surface area (Å²) >= 11 is 1.79. The Hall–Kier alpha value is -5.58. The predicted octanol–water partition coefficient (Wildman–Crippen LogP) is 11.1. The van der Waals surface area contributed by atoms with Gasteiger partial charge in [0.05, 0.1) is 28.9 Å². The van der Waals surface area contributed by atoms with Crippen LogP contribution in [0.2, 0.25) is 0 Å². The van der Waals surface area contributed by atoms with Gasteiger partial charge in [0.25, 0.3) is 0 Å². The number of para-hydroxylation sites is 2. The summed E-state index contributed by atoms with van der Waals surface area (Å²) in [6.45, 7) is 0. The van der Waals surface area contributed by atoms with Crippen LogP contribution in [0.4, 0.5) is 0 Å². The van der Waals surface area contributed by atoms with Crippen molar-refractivity contribution in [3.05, 3.63) is 139 Å². The van der Waals surface area contributed by atoms with Crippen molar-refractivity contribution in [3.8, 4) is 17.1 Å². The summed E-state index contributed by atoms with van der Waals surface area (Å²) in [5.74, 6) is 0.400. The molecule has 0 saturated heterocycles. The second-order valence-corrected chi connectivity index (χ2v) is 12.1. The molecule has 0 saturated carbocycles. The number of hydrogen-bond acceptors (Lipinski definition) is 3. The molecule has 3 heterocycles. The second-order valence-electron chi connectivity index (χ2n) is 11.0. The van der Waals surface area contributed by atoms with Crippen LogP contribution in [0.15, 0.2) is 139 Å². The quantitative estimate of drug-likeness (QED) is 0.203. The molecule has 0 spiro atoms. The highest BCUT2D eigenvalue weighted by atomic mass is 32.1. The van der Waals surface area contributed by atoms with Crippen LogP contribution in [0.1, 0.15) is 6.85 Å². The Bertz CT molecular complexity index is 3040. The molecule has 44 heavy (non-hydrogen) atoms. The molecule has 3 aromatic heterocycles. The molecule has 0 unspecified atom stereocenters. The standard InChI is InChI=1S/C40H23N3S/c1-2-12-26(13-3-1)38-40(42-33-17-9-8-16-32(33)41-38)43-34-21-19-24-10-4-6-14-27(24)37(34)31-23-36-30(22-35(31)43)29-20-18-25-11-5-7-15-28(25)39(29)44-36/h1-23H/i1D,2D,3D,12D,13D. The van der Waals surface area contributed by atoms with E-state index < -0.39 is 18.1 Å². The van der Waals surface area contributed by atoms with Crippen molar-refractivity contribution in [2.45, 2.75) is 0 Å². The van der Waals surface area contributed by atoms with Gasteiger partial charge in [0.1, 0.15) is 5.69 Å². The van der Waals surface area contributed by atoms with Crippen LogP contribution in [0.25, 0.3) is 91.6 Å². The first kappa shape index (κ1) is 19.6. The highest BCUT2D eigenvalue weighted by Crippen LogP contribution is 2.45. The molecule has 0 amide bonds. The van der Waals surface area contributed by atoms with Crippen molar-refractivity contribution < 1.29 is 6.85 Å². The van der Waals surface area contributed by atoms with Gasteiger partial charge in [0.2, 0.25) is 0 Å². The molecule has 3 nitrogen and oxygen atoms in total. The van der Waals surface area contributed by atoms with Crippen molar-refractivity contribution in [1.29, 1.82) is 0 Å². The van der Waals surface area contributed by atoms with E-state index in [4.69, 9.17) is 16.8 Å². The van der Waals surface area contributed by atoms with E-state index in [1.54, 1.807) is 11.3 Å². The summed E-state index contributed by atoms with van der Waals surface area (Å²) in [6.07, 6.45) is 0. The average molecular weight is 583 g/mol. The van der Waals surface area contributed by atoms with Gasteiger partial charge in [-0.05, 0) is 51.9 Å². The molecule has 0 atom stereocenters. The highest BCUT2D eigenvalue weighted by Gasteiger charge is 2.22. The maximum atomic E-state index is 8.93. The lowest BCUT2D eigenvalue weighted by Gasteiger charge is -2.14. The number of thiophene rings is 1. The second kappa shape index (κ2) is 8.96. The number of benzene rings is 7. The fraction of sp³-hybridized carbons (Fsp3) is 0. The van der Waals surface area contributed by atoms with Gasteiger partial charge in [-0.3, -0.25) is 4.57 Å². The van der Waals surface area contributed by atoms with Crippen LogP contribution in [0.3, 0.4) is 0 Å². The van der Waals surface area contributed by atoms with Crippen LogP contribution in [0.5, 0.6) is 0 Å². The maximum Gasteiger partial charge on any atom is 0.165 e. The van der Waals surface area contributed by atoms with Gasteiger partial charge in [0.15, 0.2) is 5.82 Å². The molecule has 0 aliphatic carbocycles. The van der Waals surface area contributed by atoms with E-state index in [0.717, 1.165) is 43.4 Å². The van der Waals surface area contributed by atoms with Crippen LogP contribution in [0, 0.1) is 0 Å². The summed E-state index contributed by atoms with van der Waals surface area (Å²) in [6, 6.07) is 35.4. The van der Waals surface area contributed by atoms with E-state index in [9.17, 15) is 0 Å². The fourth-order valence-corrected chi connectivity index (χ4v) is 7.95. The summed E-state index contributed by atoms with van der Waals surface area (Å²) in [4.78, 5) is 10.2.